The Balaban J connectivity index is 2.24. The summed E-state index contributed by atoms with van der Waals surface area (Å²) in [4.78, 5) is 2.08. The van der Waals surface area contributed by atoms with E-state index in [9.17, 15) is 5.11 Å². The Morgan fingerprint density at radius 1 is 1.19 bits per heavy atom. The van der Waals surface area contributed by atoms with Crippen LogP contribution in [0.15, 0.2) is 42.5 Å². The molecule has 5 nitrogen and oxygen atoms in total. The first-order valence-electron chi connectivity index (χ1n) is 6.90. The van der Waals surface area contributed by atoms with Gasteiger partial charge in [0.15, 0.2) is 11.5 Å². The van der Waals surface area contributed by atoms with Crippen LogP contribution in [0.4, 0.5) is 5.82 Å². The Hall–Kier alpha value is -2.45. The molecule has 2 aromatic rings. The number of nitrogens with zero attached hydrogens (tertiary/aromatic N) is 4. The molecule has 1 N–H and O–H groups in total. The van der Waals surface area contributed by atoms with Gasteiger partial charge in [0.05, 0.1) is 0 Å². The van der Waals surface area contributed by atoms with E-state index in [0.717, 1.165) is 5.56 Å². The van der Waals surface area contributed by atoms with E-state index in [2.05, 4.69) is 27.2 Å². The van der Waals surface area contributed by atoms with Gasteiger partial charge in [-0.15, -0.1) is 10.2 Å². The fraction of sp³-hybridized carbons (Fsp3) is 0.312. The van der Waals surface area contributed by atoms with Crippen LogP contribution in [0.2, 0.25) is 0 Å². The summed E-state index contributed by atoms with van der Waals surface area (Å²) in [5, 5.41) is 26.0. The summed E-state index contributed by atoms with van der Waals surface area (Å²) in [5.74, 6) is 0.707. The number of hydrogen-bond acceptors (Lipinski definition) is 5. The van der Waals surface area contributed by atoms with Crippen molar-refractivity contribution >= 4 is 5.82 Å². The highest BCUT2D eigenvalue weighted by molar-refractivity contribution is 5.41. The molecule has 0 fully saturated rings. The van der Waals surface area contributed by atoms with E-state index < -0.39 is 0 Å². The van der Waals surface area contributed by atoms with Crippen molar-refractivity contribution in [2.24, 2.45) is 0 Å². The van der Waals surface area contributed by atoms with E-state index in [1.54, 1.807) is 12.1 Å². The monoisotopic (exact) mass is 282 g/mol. The fourth-order valence-electron chi connectivity index (χ4n) is 2.12. The minimum absolute atomic E-state index is 0.121. The highest BCUT2D eigenvalue weighted by atomic mass is 16.3. The van der Waals surface area contributed by atoms with Crippen LogP contribution in [0.3, 0.4) is 0 Å². The average Bonchev–Trinajstić information content (AvgIpc) is 2.54. The predicted octanol–water partition coefficient (Wildman–Crippen LogP) is 2.13. The molecular formula is C16H18N4O. The van der Waals surface area contributed by atoms with Gasteiger partial charge in [0, 0.05) is 19.2 Å². The molecule has 2 rings (SSSR count). The Bertz CT molecular complexity index is 592. The average molecular weight is 282 g/mol. The van der Waals surface area contributed by atoms with Gasteiger partial charge in [-0.25, -0.2) is 0 Å². The van der Waals surface area contributed by atoms with Crippen LogP contribution >= 0.6 is 0 Å². The van der Waals surface area contributed by atoms with Gasteiger partial charge in [0.2, 0.25) is 0 Å². The van der Waals surface area contributed by atoms with Gasteiger partial charge < -0.3 is 10.0 Å². The maximum atomic E-state index is 9.17. The summed E-state index contributed by atoms with van der Waals surface area (Å²) < 4.78 is 0. The summed E-state index contributed by atoms with van der Waals surface area (Å²) in [6, 6.07) is 15.6. The first-order chi connectivity index (χ1) is 10.2. The van der Waals surface area contributed by atoms with E-state index >= 15 is 0 Å². The third kappa shape index (κ3) is 4.01. The van der Waals surface area contributed by atoms with Gasteiger partial charge in [-0.1, -0.05) is 30.3 Å². The second kappa shape index (κ2) is 7.36. The lowest BCUT2D eigenvalue weighted by Gasteiger charge is -2.29. The molecule has 108 valence electrons. The number of aromatic nitrogens is 2. The van der Waals surface area contributed by atoms with Gasteiger partial charge in [0.1, 0.15) is 6.07 Å². The van der Waals surface area contributed by atoms with Crippen LogP contribution in [-0.4, -0.2) is 28.0 Å². The van der Waals surface area contributed by atoms with Crippen molar-refractivity contribution in [1.82, 2.24) is 10.2 Å². The largest absolute Gasteiger partial charge is 0.396 e. The summed E-state index contributed by atoms with van der Waals surface area (Å²) in [7, 11) is 0. The molecule has 0 amide bonds. The summed E-state index contributed by atoms with van der Waals surface area (Å²) in [6.07, 6.45) is 0.647. The van der Waals surface area contributed by atoms with Crippen molar-refractivity contribution in [3.8, 4) is 6.07 Å². The topological polar surface area (TPSA) is 73.0 Å². The molecule has 0 spiro atoms. The van der Waals surface area contributed by atoms with Crippen molar-refractivity contribution in [3.05, 3.63) is 53.7 Å². The maximum Gasteiger partial charge on any atom is 0.163 e. The number of anilines is 1. The second-order valence-corrected chi connectivity index (χ2v) is 4.86. The van der Waals surface area contributed by atoms with Gasteiger partial charge in [0.25, 0.3) is 0 Å². The third-order valence-electron chi connectivity index (χ3n) is 3.33. The summed E-state index contributed by atoms with van der Waals surface area (Å²) in [6.45, 7) is 2.85. The molecule has 0 aliphatic rings. The molecule has 0 aliphatic heterocycles. The standard InChI is InChI=1S/C16H18N4O/c1-13(9-10-21)20(12-14-5-3-2-4-6-14)16-8-7-15(11-17)18-19-16/h2-8,13,21H,9-10,12H2,1H3. The van der Waals surface area contributed by atoms with Crippen molar-refractivity contribution < 1.29 is 5.11 Å². The van der Waals surface area contributed by atoms with Crippen LogP contribution in [0.5, 0.6) is 0 Å². The molecule has 1 aromatic heterocycles. The molecule has 0 saturated carbocycles. The first-order valence-corrected chi connectivity index (χ1v) is 6.90. The molecule has 1 heterocycles. The molecule has 0 saturated heterocycles. The van der Waals surface area contributed by atoms with E-state index in [0.29, 0.717) is 24.5 Å². The predicted molar refractivity (Wildman–Crippen MR) is 80.5 cm³/mol. The number of benzene rings is 1. The van der Waals surface area contributed by atoms with Crippen LogP contribution in [0.25, 0.3) is 0 Å². The molecule has 1 atom stereocenters. The van der Waals surface area contributed by atoms with Gasteiger partial charge >= 0.3 is 0 Å². The molecule has 0 radical (unpaired) electrons. The van der Waals surface area contributed by atoms with Crippen LogP contribution in [-0.2, 0) is 6.54 Å². The molecule has 1 aromatic carbocycles. The molecule has 21 heavy (non-hydrogen) atoms. The van der Waals surface area contributed by atoms with Crippen molar-refractivity contribution in [1.29, 1.82) is 5.26 Å². The third-order valence-corrected chi connectivity index (χ3v) is 3.33. The smallest absolute Gasteiger partial charge is 0.163 e. The molecule has 5 heteroatoms. The quantitative estimate of drug-likeness (QED) is 0.878. The van der Waals surface area contributed by atoms with E-state index in [1.807, 2.05) is 31.2 Å². The van der Waals surface area contributed by atoms with Gasteiger partial charge in [-0.3, -0.25) is 0 Å². The number of aliphatic hydroxyl groups excluding tert-OH is 1. The number of aliphatic hydroxyl groups is 1. The van der Waals surface area contributed by atoms with Gasteiger partial charge in [-0.05, 0) is 31.0 Å². The molecule has 1 unspecified atom stereocenters. The van der Waals surface area contributed by atoms with Crippen molar-refractivity contribution in [2.45, 2.75) is 25.9 Å². The zero-order valence-electron chi connectivity index (χ0n) is 12.0. The zero-order chi connectivity index (χ0) is 15.1. The second-order valence-electron chi connectivity index (χ2n) is 4.86. The summed E-state index contributed by atoms with van der Waals surface area (Å²) >= 11 is 0. The van der Waals surface area contributed by atoms with E-state index in [1.165, 1.54) is 0 Å². The minimum atomic E-state index is 0.121. The lowest BCUT2D eigenvalue weighted by Crippen LogP contribution is -2.34. The normalized spacial score (nSPS) is 11.7. The molecular weight excluding hydrogens is 264 g/mol. The van der Waals surface area contributed by atoms with E-state index in [4.69, 9.17) is 5.26 Å². The number of rotatable bonds is 6. The highest BCUT2D eigenvalue weighted by Crippen LogP contribution is 2.18. The zero-order valence-corrected chi connectivity index (χ0v) is 12.0. The van der Waals surface area contributed by atoms with Crippen molar-refractivity contribution in [3.63, 3.8) is 0 Å². The van der Waals surface area contributed by atoms with Crippen LogP contribution < -0.4 is 4.90 Å². The maximum absolute atomic E-state index is 9.17. The fourth-order valence-corrected chi connectivity index (χ4v) is 2.12. The first kappa shape index (κ1) is 14.9. The SMILES string of the molecule is CC(CCO)N(Cc1ccccc1)c1ccc(C#N)nn1. The highest BCUT2D eigenvalue weighted by Gasteiger charge is 2.16. The Kier molecular flexibility index (Phi) is 5.24. The lowest BCUT2D eigenvalue weighted by atomic mass is 10.1. The van der Waals surface area contributed by atoms with Crippen LogP contribution in [0.1, 0.15) is 24.6 Å². The Labute approximate surface area is 124 Å². The molecule has 0 bridgehead atoms. The minimum Gasteiger partial charge on any atom is -0.396 e. The van der Waals surface area contributed by atoms with Crippen molar-refractivity contribution in [2.75, 3.05) is 11.5 Å². The van der Waals surface area contributed by atoms with Crippen LogP contribution in [0, 0.1) is 11.3 Å². The Morgan fingerprint density at radius 2 is 1.95 bits per heavy atom. The Morgan fingerprint density at radius 3 is 2.52 bits per heavy atom. The molecule has 0 aliphatic carbocycles. The number of nitriles is 1. The summed E-state index contributed by atoms with van der Waals surface area (Å²) in [5.41, 5.74) is 1.46. The number of hydrogen-bond donors (Lipinski definition) is 1. The van der Waals surface area contributed by atoms with E-state index in [-0.39, 0.29) is 12.6 Å². The lowest BCUT2D eigenvalue weighted by molar-refractivity contribution is 0.275. The van der Waals surface area contributed by atoms with Gasteiger partial charge in [-0.2, -0.15) is 5.26 Å².